The van der Waals surface area contributed by atoms with E-state index in [1.165, 1.54) is 37.7 Å². The summed E-state index contributed by atoms with van der Waals surface area (Å²) in [5, 5.41) is 3.13. The molecule has 2 fully saturated rings. The average molecular weight is 300 g/mol. The summed E-state index contributed by atoms with van der Waals surface area (Å²) in [5.41, 5.74) is 1.17. The molecular formula is C19H28N2O. The zero-order chi connectivity index (χ0) is 15.2. The van der Waals surface area contributed by atoms with Gasteiger partial charge < -0.3 is 5.32 Å². The van der Waals surface area contributed by atoms with Crippen LogP contribution in [0.25, 0.3) is 0 Å². The van der Waals surface area contributed by atoms with Crippen molar-refractivity contribution in [3.05, 3.63) is 35.9 Å². The predicted octanol–water partition coefficient (Wildman–Crippen LogP) is 3.35. The second-order valence-corrected chi connectivity index (χ2v) is 6.86. The molecule has 1 atom stereocenters. The lowest BCUT2D eigenvalue weighted by Crippen LogP contribution is -2.44. The largest absolute Gasteiger partial charge is 0.351 e. The third kappa shape index (κ3) is 4.10. The van der Waals surface area contributed by atoms with Gasteiger partial charge in [-0.2, -0.15) is 0 Å². The number of benzene rings is 1. The number of rotatable bonds is 5. The molecular weight excluding hydrogens is 272 g/mol. The molecule has 1 heterocycles. The fourth-order valence-corrected chi connectivity index (χ4v) is 3.95. The molecule has 3 nitrogen and oxygen atoms in total. The lowest BCUT2D eigenvalue weighted by molar-refractivity contribution is -0.125. The Labute approximate surface area is 134 Å². The summed E-state index contributed by atoms with van der Waals surface area (Å²) in [6, 6.07) is 10.3. The fourth-order valence-electron chi connectivity index (χ4n) is 3.95. The van der Waals surface area contributed by atoms with Crippen LogP contribution < -0.4 is 5.32 Å². The number of nitrogens with zero attached hydrogens (tertiary/aromatic N) is 1. The molecule has 1 N–H and O–H groups in total. The summed E-state index contributed by atoms with van der Waals surface area (Å²) in [6.45, 7) is 2.87. The number of carbonyl (C=O) groups excluding carboxylic acids is 1. The zero-order valence-electron chi connectivity index (χ0n) is 13.5. The minimum Gasteiger partial charge on any atom is -0.351 e. The van der Waals surface area contributed by atoms with Gasteiger partial charge in [0.2, 0.25) is 5.91 Å². The highest BCUT2D eigenvalue weighted by atomic mass is 16.2. The number of likely N-dealkylation sites (tertiary alicyclic amines) is 1. The summed E-state index contributed by atoms with van der Waals surface area (Å²) in [7, 11) is 0. The minimum absolute atomic E-state index is 0.102. The lowest BCUT2D eigenvalue weighted by Gasteiger charge is -2.30. The molecule has 2 aliphatic rings. The van der Waals surface area contributed by atoms with Crippen LogP contribution in [0.5, 0.6) is 0 Å². The van der Waals surface area contributed by atoms with Gasteiger partial charge in [-0.15, -0.1) is 0 Å². The van der Waals surface area contributed by atoms with Gasteiger partial charge in [0.1, 0.15) is 0 Å². The number of hydrogen-bond donors (Lipinski definition) is 1. The molecule has 1 saturated carbocycles. The van der Waals surface area contributed by atoms with Crippen molar-refractivity contribution in [2.75, 3.05) is 13.1 Å². The van der Waals surface area contributed by atoms with E-state index in [1.54, 1.807) is 0 Å². The van der Waals surface area contributed by atoms with Crippen molar-refractivity contribution in [1.29, 1.82) is 0 Å². The summed E-state index contributed by atoms with van der Waals surface area (Å²) in [4.78, 5) is 15.0. The van der Waals surface area contributed by atoms with Gasteiger partial charge >= 0.3 is 0 Å². The summed E-state index contributed by atoms with van der Waals surface area (Å²) in [5.74, 6) is 1.04. The van der Waals surface area contributed by atoms with E-state index in [4.69, 9.17) is 0 Å². The Morgan fingerprint density at radius 1 is 1.05 bits per heavy atom. The van der Waals surface area contributed by atoms with E-state index in [0.717, 1.165) is 31.8 Å². The monoisotopic (exact) mass is 300 g/mol. The maximum Gasteiger partial charge on any atom is 0.237 e. The quantitative estimate of drug-likeness (QED) is 0.904. The van der Waals surface area contributed by atoms with Crippen molar-refractivity contribution in [1.82, 2.24) is 10.2 Å². The van der Waals surface area contributed by atoms with Crippen molar-refractivity contribution in [3.8, 4) is 0 Å². The topological polar surface area (TPSA) is 32.3 Å². The van der Waals surface area contributed by atoms with E-state index in [-0.39, 0.29) is 11.9 Å². The number of nitrogens with one attached hydrogen (secondary N) is 1. The normalized spacial score (nSPS) is 23.5. The van der Waals surface area contributed by atoms with Crippen LogP contribution >= 0.6 is 0 Å². The molecule has 0 radical (unpaired) electrons. The Morgan fingerprint density at radius 2 is 1.82 bits per heavy atom. The summed E-state index contributed by atoms with van der Waals surface area (Å²) in [6.07, 6.45) is 9.05. The average Bonchev–Trinajstić information content (AvgIpc) is 3.03. The zero-order valence-corrected chi connectivity index (χ0v) is 13.5. The minimum atomic E-state index is 0.102. The molecule has 1 amide bonds. The van der Waals surface area contributed by atoms with Crippen LogP contribution in [0.2, 0.25) is 0 Å². The van der Waals surface area contributed by atoms with Crippen LogP contribution in [0.1, 0.15) is 50.5 Å². The highest BCUT2D eigenvalue weighted by Crippen LogP contribution is 2.27. The third-order valence-corrected chi connectivity index (χ3v) is 5.19. The Bertz CT molecular complexity index is 468. The smallest absolute Gasteiger partial charge is 0.237 e. The van der Waals surface area contributed by atoms with Gasteiger partial charge in [-0.05, 0) is 43.7 Å². The lowest BCUT2D eigenvalue weighted by atomic mass is 9.89. The number of amides is 1. The summed E-state index contributed by atoms with van der Waals surface area (Å²) >= 11 is 0. The molecule has 1 saturated heterocycles. The van der Waals surface area contributed by atoms with Gasteiger partial charge in [0.25, 0.3) is 0 Å². The Kier molecular flexibility index (Phi) is 5.49. The standard InChI is InChI=1S/C19H28N2O/c22-19(20-14-16-8-3-1-4-9-16)18-12-7-13-21(18)15-17-10-5-2-6-11-17/h1,3-4,8-9,17-18H,2,5-7,10-15H2,(H,20,22)/t18-/m0/s1. The highest BCUT2D eigenvalue weighted by molar-refractivity contribution is 5.82. The maximum absolute atomic E-state index is 12.5. The van der Waals surface area contributed by atoms with Gasteiger partial charge in [0.05, 0.1) is 6.04 Å². The first-order valence-electron chi connectivity index (χ1n) is 8.88. The first-order valence-corrected chi connectivity index (χ1v) is 8.88. The Hall–Kier alpha value is -1.35. The first kappa shape index (κ1) is 15.5. The number of carbonyl (C=O) groups is 1. The van der Waals surface area contributed by atoms with Gasteiger partial charge in [-0.25, -0.2) is 0 Å². The van der Waals surface area contributed by atoms with Crippen molar-refractivity contribution < 1.29 is 4.79 Å². The SMILES string of the molecule is O=C(NCc1ccccc1)[C@@H]1CCCN1CC1CCCCC1. The van der Waals surface area contributed by atoms with E-state index >= 15 is 0 Å². The van der Waals surface area contributed by atoms with Crippen LogP contribution in [-0.4, -0.2) is 29.9 Å². The molecule has 1 aliphatic heterocycles. The highest BCUT2D eigenvalue weighted by Gasteiger charge is 2.32. The van der Waals surface area contributed by atoms with E-state index in [9.17, 15) is 4.79 Å². The van der Waals surface area contributed by atoms with E-state index < -0.39 is 0 Å². The van der Waals surface area contributed by atoms with Gasteiger partial charge in [0, 0.05) is 13.1 Å². The molecule has 1 aliphatic carbocycles. The molecule has 0 bridgehead atoms. The first-order chi connectivity index (χ1) is 10.8. The molecule has 0 aromatic heterocycles. The molecule has 1 aromatic rings. The molecule has 22 heavy (non-hydrogen) atoms. The second-order valence-electron chi connectivity index (χ2n) is 6.86. The van der Waals surface area contributed by atoms with Crippen molar-refractivity contribution in [2.45, 2.75) is 57.5 Å². The van der Waals surface area contributed by atoms with Crippen molar-refractivity contribution in [3.63, 3.8) is 0 Å². The van der Waals surface area contributed by atoms with Gasteiger partial charge in [0.15, 0.2) is 0 Å². The number of hydrogen-bond acceptors (Lipinski definition) is 2. The molecule has 120 valence electrons. The van der Waals surface area contributed by atoms with Crippen LogP contribution in [0.3, 0.4) is 0 Å². The molecule has 1 aromatic carbocycles. The fraction of sp³-hybridized carbons (Fsp3) is 0.632. The summed E-state index contributed by atoms with van der Waals surface area (Å²) < 4.78 is 0. The maximum atomic E-state index is 12.5. The molecule has 3 heteroatoms. The van der Waals surface area contributed by atoms with Crippen LogP contribution in [0.4, 0.5) is 0 Å². The predicted molar refractivity (Wildman–Crippen MR) is 89.5 cm³/mol. The van der Waals surface area contributed by atoms with Gasteiger partial charge in [-0.1, -0.05) is 49.6 Å². The molecule has 0 spiro atoms. The van der Waals surface area contributed by atoms with Gasteiger partial charge in [-0.3, -0.25) is 9.69 Å². The van der Waals surface area contributed by atoms with Crippen molar-refractivity contribution >= 4 is 5.91 Å². The third-order valence-electron chi connectivity index (χ3n) is 5.19. The second kappa shape index (κ2) is 7.77. The van der Waals surface area contributed by atoms with E-state index in [0.29, 0.717) is 6.54 Å². The van der Waals surface area contributed by atoms with Crippen LogP contribution in [-0.2, 0) is 11.3 Å². The van der Waals surface area contributed by atoms with E-state index in [2.05, 4.69) is 22.3 Å². The van der Waals surface area contributed by atoms with E-state index in [1.807, 2.05) is 18.2 Å². The molecule has 3 rings (SSSR count). The Morgan fingerprint density at radius 3 is 2.59 bits per heavy atom. The van der Waals surface area contributed by atoms with Crippen molar-refractivity contribution in [2.24, 2.45) is 5.92 Å². The Balaban J connectivity index is 1.49. The molecule has 0 unspecified atom stereocenters. The van der Waals surface area contributed by atoms with Crippen LogP contribution in [0.15, 0.2) is 30.3 Å². The van der Waals surface area contributed by atoms with Crippen LogP contribution in [0, 0.1) is 5.92 Å².